The standard InChI is InChI=1S/C25H26N2O7S/c1-14-9-10-17-18(12-14)35-22(21(17)25(32)33-2)26-19(28)13-34-20(29)8-5-11-27-23(30)15-6-3-4-7-16(15)24(27)31/h3-4,6-7,14H,5,8-13H2,1-2H3,(H,26,28)/t14-/m0/s1. The van der Waals surface area contributed by atoms with Crippen LogP contribution in [0.3, 0.4) is 0 Å². The van der Waals surface area contributed by atoms with Gasteiger partial charge in [0.15, 0.2) is 6.61 Å². The molecule has 10 heteroatoms. The highest BCUT2D eigenvalue weighted by Crippen LogP contribution is 2.40. The summed E-state index contributed by atoms with van der Waals surface area (Å²) < 4.78 is 9.96. The van der Waals surface area contributed by atoms with Gasteiger partial charge in [0.25, 0.3) is 17.7 Å². The van der Waals surface area contributed by atoms with Crippen molar-refractivity contribution >= 4 is 46.0 Å². The van der Waals surface area contributed by atoms with Crippen molar-refractivity contribution < 1.29 is 33.4 Å². The van der Waals surface area contributed by atoms with E-state index in [1.54, 1.807) is 24.3 Å². The van der Waals surface area contributed by atoms with E-state index in [0.717, 1.165) is 34.6 Å². The summed E-state index contributed by atoms with van der Waals surface area (Å²) in [5.41, 5.74) is 2.00. The SMILES string of the molecule is COC(=O)c1c(NC(=O)COC(=O)CCCN2C(=O)c3ccccc3C2=O)sc2c1CC[C@H](C)C2. The smallest absolute Gasteiger partial charge is 0.341 e. The first kappa shape index (κ1) is 24.6. The van der Waals surface area contributed by atoms with Gasteiger partial charge in [0.05, 0.1) is 23.8 Å². The molecule has 0 fully saturated rings. The first-order valence-corrected chi connectivity index (χ1v) is 12.2. The zero-order valence-electron chi connectivity index (χ0n) is 19.5. The molecule has 3 amide bonds. The number of nitrogens with one attached hydrogen (secondary N) is 1. The summed E-state index contributed by atoms with van der Waals surface area (Å²) >= 11 is 1.35. The number of anilines is 1. The molecular formula is C25H26N2O7S. The molecule has 2 aliphatic rings. The summed E-state index contributed by atoms with van der Waals surface area (Å²) in [4.78, 5) is 63.8. The van der Waals surface area contributed by atoms with Crippen LogP contribution in [0.2, 0.25) is 0 Å². The number of imide groups is 1. The molecule has 2 aromatic rings. The lowest BCUT2D eigenvalue weighted by molar-refractivity contribution is -0.147. The van der Waals surface area contributed by atoms with Crippen molar-refractivity contribution in [2.45, 2.75) is 39.0 Å². The quantitative estimate of drug-likeness (QED) is 0.438. The van der Waals surface area contributed by atoms with Gasteiger partial charge in [0.2, 0.25) is 0 Å². The Morgan fingerprint density at radius 3 is 2.49 bits per heavy atom. The lowest BCUT2D eigenvalue weighted by atomic mass is 9.88. The molecular weight excluding hydrogens is 472 g/mol. The minimum absolute atomic E-state index is 0.0563. The Bertz CT molecular complexity index is 1170. The molecule has 1 atom stereocenters. The van der Waals surface area contributed by atoms with Crippen molar-refractivity contribution in [1.82, 2.24) is 4.90 Å². The maximum Gasteiger partial charge on any atom is 0.341 e. The second kappa shape index (κ2) is 10.4. The molecule has 1 aromatic heterocycles. The molecule has 0 spiro atoms. The fraction of sp³-hybridized carbons (Fsp3) is 0.400. The van der Waals surface area contributed by atoms with Gasteiger partial charge in [-0.05, 0) is 49.3 Å². The van der Waals surface area contributed by atoms with E-state index < -0.39 is 24.5 Å². The average Bonchev–Trinajstić information content (AvgIpc) is 3.31. The molecule has 0 unspecified atom stereocenters. The number of carbonyl (C=O) groups is 5. The van der Waals surface area contributed by atoms with E-state index in [-0.39, 0.29) is 31.2 Å². The number of benzene rings is 1. The van der Waals surface area contributed by atoms with Crippen LogP contribution in [0.25, 0.3) is 0 Å². The minimum Gasteiger partial charge on any atom is -0.465 e. The van der Waals surface area contributed by atoms with Crippen LogP contribution in [0.1, 0.15) is 67.7 Å². The van der Waals surface area contributed by atoms with Crippen LogP contribution in [0, 0.1) is 5.92 Å². The van der Waals surface area contributed by atoms with Gasteiger partial charge in [-0.3, -0.25) is 24.1 Å². The Morgan fingerprint density at radius 1 is 1.14 bits per heavy atom. The van der Waals surface area contributed by atoms with Gasteiger partial charge in [-0.15, -0.1) is 11.3 Å². The highest BCUT2D eigenvalue weighted by Gasteiger charge is 2.34. The molecule has 0 bridgehead atoms. The molecule has 35 heavy (non-hydrogen) atoms. The van der Waals surface area contributed by atoms with Crippen LogP contribution in [-0.2, 0) is 31.9 Å². The number of fused-ring (bicyclic) bond motifs is 2. The van der Waals surface area contributed by atoms with Gasteiger partial charge in [-0.25, -0.2) is 4.79 Å². The highest BCUT2D eigenvalue weighted by atomic mass is 32.1. The normalized spacial score (nSPS) is 16.5. The van der Waals surface area contributed by atoms with Crippen molar-refractivity contribution in [2.75, 3.05) is 25.6 Å². The fourth-order valence-corrected chi connectivity index (χ4v) is 5.78. The van der Waals surface area contributed by atoms with Gasteiger partial charge < -0.3 is 14.8 Å². The van der Waals surface area contributed by atoms with E-state index >= 15 is 0 Å². The number of carbonyl (C=O) groups excluding carboxylic acids is 5. The molecule has 4 rings (SSSR count). The number of hydrogen-bond donors (Lipinski definition) is 1. The van der Waals surface area contributed by atoms with Gasteiger partial charge >= 0.3 is 11.9 Å². The van der Waals surface area contributed by atoms with E-state index in [4.69, 9.17) is 9.47 Å². The maximum atomic E-state index is 12.4. The zero-order valence-corrected chi connectivity index (χ0v) is 20.4. The summed E-state index contributed by atoms with van der Waals surface area (Å²) in [7, 11) is 1.30. The van der Waals surface area contributed by atoms with Crippen LogP contribution < -0.4 is 5.32 Å². The second-order valence-corrected chi connectivity index (χ2v) is 9.77. The summed E-state index contributed by atoms with van der Waals surface area (Å²) in [5.74, 6) is -1.95. The first-order chi connectivity index (χ1) is 16.8. The molecule has 2 heterocycles. The minimum atomic E-state index is -0.621. The highest BCUT2D eigenvalue weighted by molar-refractivity contribution is 7.17. The molecule has 1 aliphatic carbocycles. The lowest BCUT2D eigenvalue weighted by Crippen LogP contribution is -2.31. The van der Waals surface area contributed by atoms with Crippen LogP contribution >= 0.6 is 11.3 Å². The van der Waals surface area contributed by atoms with E-state index in [2.05, 4.69) is 12.2 Å². The molecule has 9 nitrogen and oxygen atoms in total. The van der Waals surface area contributed by atoms with Crippen LogP contribution in [0.4, 0.5) is 5.00 Å². The molecule has 0 saturated carbocycles. The molecule has 0 saturated heterocycles. The summed E-state index contributed by atoms with van der Waals surface area (Å²) in [6, 6.07) is 6.57. The molecule has 184 valence electrons. The van der Waals surface area contributed by atoms with Gasteiger partial charge in [0, 0.05) is 17.8 Å². The van der Waals surface area contributed by atoms with Gasteiger partial charge in [-0.2, -0.15) is 0 Å². The molecule has 1 aliphatic heterocycles. The molecule has 0 radical (unpaired) electrons. The number of ether oxygens (including phenoxy) is 2. The number of esters is 2. The van der Waals surface area contributed by atoms with Crippen LogP contribution in [0.5, 0.6) is 0 Å². The third-order valence-electron chi connectivity index (χ3n) is 6.16. The van der Waals surface area contributed by atoms with Crippen molar-refractivity contribution in [2.24, 2.45) is 5.92 Å². The lowest BCUT2D eigenvalue weighted by Gasteiger charge is -2.18. The Kier molecular flexibility index (Phi) is 7.30. The van der Waals surface area contributed by atoms with E-state index in [1.807, 2.05) is 0 Å². The van der Waals surface area contributed by atoms with Crippen LogP contribution in [-0.4, -0.2) is 54.8 Å². The zero-order chi connectivity index (χ0) is 25.1. The third-order valence-corrected chi connectivity index (χ3v) is 7.33. The van der Waals surface area contributed by atoms with Gasteiger partial charge in [0.1, 0.15) is 5.00 Å². The topological polar surface area (TPSA) is 119 Å². The Hall–Kier alpha value is -3.53. The van der Waals surface area contributed by atoms with Crippen molar-refractivity contribution in [3.05, 3.63) is 51.4 Å². The van der Waals surface area contributed by atoms with Crippen LogP contribution in [0.15, 0.2) is 24.3 Å². The average molecular weight is 499 g/mol. The predicted molar refractivity (Wildman–Crippen MR) is 127 cm³/mol. The predicted octanol–water partition coefficient (Wildman–Crippen LogP) is 3.22. The second-order valence-electron chi connectivity index (χ2n) is 8.67. The number of thiophene rings is 1. The Labute approximate surface area is 206 Å². The summed E-state index contributed by atoms with van der Waals surface area (Å²) in [6.45, 7) is 1.72. The largest absolute Gasteiger partial charge is 0.465 e. The van der Waals surface area contributed by atoms with E-state index in [9.17, 15) is 24.0 Å². The van der Waals surface area contributed by atoms with Crippen molar-refractivity contribution in [1.29, 1.82) is 0 Å². The molecule has 1 N–H and O–H groups in total. The summed E-state index contributed by atoms with van der Waals surface area (Å²) in [6.07, 6.45) is 2.70. The number of rotatable bonds is 8. The van der Waals surface area contributed by atoms with E-state index in [1.165, 1.54) is 18.4 Å². The molecule has 1 aromatic carbocycles. The summed E-state index contributed by atoms with van der Waals surface area (Å²) in [5, 5.41) is 3.08. The third kappa shape index (κ3) is 5.12. The fourth-order valence-electron chi connectivity index (χ4n) is 4.36. The Morgan fingerprint density at radius 2 is 1.83 bits per heavy atom. The van der Waals surface area contributed by atoms with E-state index in [0.29, 0.717) is 27.6 Å². The van der Waals surface area contributed by atoms with Crippen molar-refractivity contribution in [3.8, 4) is 0 Å². The van der Waals surface area contributed by atoms with Crippen molar-refractivity contribution in [3.63, 3.8) is 0 Å². The number of methoxy groups -OCH3 is 1. The Balaban J connectivity index is 1.27. The monoisotopic (exact) mass is 498 g/mol. The number of nitrogens with zero attached hydrogens (tertiary/aromatic N) is 1. The van der Waals surface area contributed by atoms with Gasteiger partial charge in [-0.1, -0.05) is 19.1 Å². The first-order valence-electron chi connectivity index (χ1n) is 11.4. The maximum absolute atomic E-state index is 12.4. The number of amides is 3. The number of hydrogen-bond acceptors (Lipinski definition) is 8.